The molecule has 4 rings (SSSR count). The number of benzene rings is 1. The van der Waals surface area contributed by atoms with Crippen LogP contribution in [0.2, 0.25) is 0 Å². The van der Waals surface area contributed by atoms with E-state index in [-0.39, 0.29) is 37.1 Å². The van der Waals surface area contributed by atoms with Gasteiger partial charge in [0.05, 0.1) is 0 Å². The molecule has 11 nitrogen and oxygen atoms in total. The lowest BCUT2D eigenvalue weighted by Gasteiger charge is -2.34. The van der Waals surface area contributed by atoms with Crippen molar-refractivity contribution in [1.29, 1.82) is 0 Å². The molecule has 1 atom stereocenters. The van der Waals surface area contributed by atoms with Crippen molar-refractivity contribution < 1.29 is 29.1 Å². The Morgan fingerprint density at radius 1 is 0.878 bits per heavy atom. The number of carboxylic acids is 1. The monoisotopic (exact) mass is 569 g/mol. The zero-order chi connectivity index (χ0) is 29.2. The second-order valence-electron chi connectivity index (χ2n) is 11.3. The number of anilines is 1. The molecule has 1 aromatic rings. The minimum atomic E-state index is -0.707. The van der Waals surface area contributed by atoms with Crippen LogP contribution in [0, 0.1) is 0 Å². The van der Waals surface area contributed by atoms with Gasteiger partial charge in [0, 0.05) is 68.8 Å². The average Bonchev–Trinajstić information content (AvgIpc) is 3.28. The third-order valence-electron chi connectivity index (χ3n) is 8.31. The molecule has 1 unspecified atom stereocenters. The summed E-state index contributed by atoms with van der Waals surface area (Å²) in [4.78, 5) is 66.5. The van der Waals surface area contributed by atoms with Crippen molar-refractivity contribution in [2.45, 2.75) is 83.2 Å². The smallest absolute Gasteiger partial charge is 0.303 e. The predicted octanol–water partition coefficient (Wildman–Crippen LogP) is 2.60. The number of imide groups is 1. The third kappa shape index (κ3) is 8.84. The first kappa shape index (κ1) is 30.6. The number of amides is 4. The molecule has 0 bridgehead atoms. The normalized spacial score (nSPS) is 19.8. The fourth-order valence-electron chi connectivity index (χ4n) is 5.91. The molecule has 1 aromatic carbocycles. The molecule has 0 aromatic heterocycles. The van der Waals surface area contributed by atoms with Crippen molar-refractivity contribution in [3.05, 3.63) is 29.3 Å². The van der Waals surface area contributed by atoms with Crippen LogP contribution >= 0.6 is 0 Å². The second kappa shape index (κ2) is 15.1. The highest BCUT2D eigenvalue weighted by molar-refractivity contribution is 6.06. The maximum Gasteiger partial charge on any atom is 0.303 e. The zero-order valence-electron chi connectivity index (χ0n) is 23.9. The van der Waals surface area contributed by atoms with Crippen molar-refractivity contribution >= 4 is 35.3 Å². The molecule has 0 aliphatic carbocycles. The number of carboxylic acid groups (broad SMARTS) is 1. The lowest BCUT2D eigenvalue weighted by atomic mass is 10.0. The van der Waals surface area contributed by atoms with E-state index >= 15 is 0 Å². The van der Waals surface area contributed by atoms with Crippen LogP contribution in [-0.4, -0.2) is 94.7 Å². The Balaban J connectivity index is 1.10. The van der Waals surface area contributed by atoms with Gasteiger partial charge in [-0.15, -0.1) is 0 Å². The van der Waals surface area contributed by atoms with E-state index in [4.69, 9.17) is 5.11 Å². The molecule has 2 fully saturated rings. The summed E-state index contributed by atoms with van der Waals surface area (Å²) >= 11 is 0. The molecule has 41 heavy (non-hydrogen) atoms. The zero-order valence-corrected chi connectivity index (χ0v) is 23.9. The van der Waals surface area contributed by atoms with E-state index in [0.717, 1.165) is 84.2 Å². The van der Waals surface area contributed by atoms with E-state index < -0.39 is 17.9 Å². The number of nitrogens with one attached hydrogen (secondary N) is 2. The number of piperazine rings is 1. The van der Waals surface area contributed by atoms with Gasteiger partial charge in [0.2, 0.25) is 17.7 Å². The van der Waals surface area contributed by atoms with E-state index in [0.29, 0.717) is 29.7 Å². The molecule has 3 N–H and O–H groups in total. The molecule has 224 valence electrons. The fraction of sp³-hybridized carbons (Fsp3) is 0.633. The van der Waals surface area contributed by atoms with E-state index in [2.05, 4.69) is 20.4 Å². The van der Waals surface area contributed by atoms with E-state index in [1.54, 1.807) is 18.2 Å². The minimum Gasteiger partial charge on any atom is -0.481 e. The highest BCUT2D eigenvalue weighted by Gasteiger charge is 2.39. The minimum absolute atomic E-state index is 0.0851. The number of unbranched alkanes of at least 4 members (excludes halogenated alkanes) is 5. The predicted molar refractivity (Wildman–Crippen MR) is 153 cm³/mol. The molecular formula is C30H43N5O6. The van der Waals surface area contributed by atoms with Crippen LogP contribution in [-0.2, 0) is 25.7 Å². The van der Waals surface area contributed by atoms with E-state index in [1.165, 1.54) is 4.90 Å². The van der Waals surface area contributed by atoms with Gasteiger partial charge >= 0.3 is 5.97 Å². The number of carbonyl (C=O) groups excluding carboxylic acids is 4. The fourth-order valence-corrected chi connectivity index (χ4v) is 5.91. The molecule has 3 aliphatic rings. The van der Waals surface area contributed by atoms with Gasteiger partial charge in [0.25, 0.3) is 5.91 Å². The van der Waals surface area contributed by atoms with Crippen molar-refractivity contribution in [3.8, 4) is 0 Å². The average molecular weight is 570 g/mol. The molecule has 11 heteroatoms. The van der Waals surface area contributed by atoms with Crippen molar-refractivity contribution in [2.75, 3.05) is 44.6 Å². The number of hydrogen-bond donors (Lipinski definition) is 3. The molecule has 4 amide bonds. The Bertz CT molecular complexity index is 1120. The molecule has 0 radical (unpaired) electrons. The van der Waals surface area contributed by atoms with Crippen LogP contribution in [0.5, 0.6) is 0 Å². The van der Waals surface area contributed by atoms with Crippen molar-refractivity contribution in [2.24, 2.45) is 0 Å². The van der Waals surface area contributed by atoms with Gasteiger partial charge in [0.15, 0.2) is 0 Å². The van der Waals surface area contributed by atoms with Gasteiger partial charge in [-0.25, -0.2) is 0 Å². The summed E-state index contributed by atoms with van der Waals surface area (Å²) in [6, 6.07) is 4.56. The molecule has 0 spiro atoms. The Kier molecular flexibility index (Phi) is 11.3. The summed E-state index contributed by atoms with van der Waals surface area (Å²) in [6.45, 7) is 6.52. The van der Waals surface area contributed by atoms with E-state index in [9.17, 15) is 24.0 Å². The SMILES string of the molecule is O=C(O)CCCCCCCN1CCN(CCCCC(=O)Nc2cccc3c2CN(C2CCC(=O)NC2=O)C3=O)CC1. The Labute approximate surface area is 241 Å². The first-order valence-corrected chi connectivity index (χ1v) is 15.0. The Morgan fingerprint density at radius 2 is 1.51 bits per heavy atom. The molecule has 2 saturated heterocycles. The number of nitrogens with zero attached hydrogens (tertiary/aromatic N) is 3. The van der Waals surface area contributed by atoms with Gasteiger partial charge in [-0.3, -0.25) is 29.3 Å². The Morgan fingerprint density at radius 3 is 2.20 bits per heavy atom. The van der Waals surface area contributed by atoms with Crippen LogP contribution in [0.15, 0.2) is 18.2 Å². The summed E-state index contributed by atoms with van der Waals surface area (Å²) in [5.41, 5.74) is 1.81. The topological polar surface area (TPSA) is 139 Å². The van der Waals surface area contributed by atoms with Crippen LogP contribution in [0.4, 0.5) is 5.69 Å². The maximum absolute atomic E-state index is 13.0. The standard InChI is InChI=1S/C30H43N5O6/c36-26(11-5-7-16-34-19-17-33(18-20-34)15-6-3-1-2-4-12-28(38)39)31-24-10-8-9-22-23(24)21-35(30(22)41)25-13-14-27(37)32-29(25)40/h8-10,25H,1-7,11-21H2,(H,31,36)(H,38,39)(H,32,37,40). The number of carbonyl (C=O) groups is 5. The Hall–Kier alpha value is -3.31. The summed E-state index contributed by atoms with van der Waals surface area (Å²) in [7, 11) is 0. The summed E-state index contributed by atoms with van der Waals surface area (Å²) in [6.07, 6.45) is 8.10. The number of piperidine rings is 1. The quantitative estimate of drug-likeness (QED) is 0.216. The first-order valence-electron chi connectivity index (χ1n) is 15.0. The molecular weight excluding hydrogens is 526 g/mol. The van der Waals surface area contributed by atoms with Gasteiger partial charge < -0.3 is 25.1 Å². The number of rotatable bonds is 15. The summed E-state index contributed by atoms with van der Waals surface area (Å²) in [5.74, 6) is -1.81. The van der Waals surface area contributed by atoms with Gasteiger partial charge in [-0.1, -0.05) is 25.3 Å². The van der Waals surface area contributed by atoms with Crippen LogP contribution in [0.25, 0.3) is 0 Å². The number of fused-ring (bicyclic) bond motifs is 1. The third-order valence-corrected chi connectivity index (χ3v) is 8.31. The number of aliphatic carboxylic acids is 1. The largest absolute Gasteiger partial charge is 0.481 e. The molecule has 3 aliphatic heterocycles. The lowest BCUT2D eigenvalue weighted by molar-refractivity contribution is -0.138. The van der Waals surface area contributed by atoms with Crippen LogP contribution in [0.3, 0.4) is 0 Å². The molecule has 0 saturated carbocycles. The highest BCUT2D eigenvalue weighted by Crippen LogP contribution is 2.32. The highest BCUT2D eigenvalue weighted by atomic mass is 16.4. The maximum atomic E-state index is 13.0. The van der Waals surface area contributed by atoms with Crippen molar-refractivity contribution in [3.63, 3.8) is 0 Å². The van der Waals surface area contributed by atoms with Crippen molar-refractivity contribution in [1.82, 2.24) is 20.0 Å². The van der Waals surface area contributed by atoms with Gasteiger partial charge in [0.1, 0.15) is 6.04 Å². The lowest BCUT2D eigenvalue weighted by Crippen LogP contribution is -2.52. The second-order valence-corrected chi connectivity index (χ2v) is 11.3. The summed E-state index contributed by atoms with van der Waals surface area (Å²) in [5, 5.41) is 14.0. The van der Waals surface area contributed by atoms with Gasteiger partial charge in [-0.05, 0) is 57.3 Å². The van der Waals surface area contributed by atoms with Crippen LogP contribution in [0.1, 0.15) is 86.6 Å². The molecule has 3 heterocycles. The van der Waals surface area contributed by atoms with Crippen LogP contribution < -0.4 is 10.6 Å². The van der Waals surface area contributed by atoms with Gasteiger partial charge in [-0.2, -0.15) is 0 Å². The summed E-state index contributed by atoms with van der Waals surface area (Å²) < 4.78 is 0. The van der Waals surface area contributed by atoms with E-state index in [1.807, 2.05) is 0 Å². The number of hydrogen-bond acceptors (Lipinski definition) is 7. The first-order chi connectivity index (χ1) is 19.8.